The Morgan fingerprint density at radius 1 is 1.53 bits per heavy atom. The fourth-order valence-corrected chi connectivity index (χ4v) is 1.95. The van der Waals surface area contributed by atoms with Crippen LogP contribution in [0, 0.1) is 0 Å². The summed E-state index contributed by atoms with van der Waals surface area (Å²) in [5.41, 5.74) is 0.908. The molecule has 0 aromatic carbocycles. The summed E-state index contributed by atoms with van der Waals surface area (Å²) in [6, 6.07) is 1.84. The first-order chi connectivity index (χ1) is 8.31. The van der Waals surface area contributed by atoms with Crippen LogP contribution < -0.4 is 5.32 Å². The van der Waals surface area contributed by atoms with Crippen LogP contribution in [0.25, 0.3) is 0 Å². The maximum atomic E-state index is 11.6. The first kappa shape index (κ1) is 12.1. The third kappa shape index (κ3) is 3.08. The SMILES string of the molecule is CCOC(=O)c1occc1CN1CCNCC1. The van der Waals surface area contributed by atoms with E-state index in [0.717, 1.165) is 38.3 Å². The van der Waals surface area contributed by atoms with Gasteiger partial charge in [0, 0.05) is 38.3 Å². The number of piperazine rings is 1. The minimum Gasteiger partial charge on any atom is -0.460 e. The number of carbonyl (C=O) groups is 1. The van der Waals surface area contributed by atoms with Gasteiger partial charge >= 0.3 is 5.97 Å². The minimum atomic E-state index is -0.373. The first-order valence-corrected chi connectivity index (χ1v) is 5.98. The number of carbonyl (C=O) groups excluding carboxylic acids is 1. The summed E-state index contributed by atoms with van der Waals surface area (Å²) >= 11 is 0. The second-order valence-electron chi connectivity index (χ2n) is 4.02. The van der Waals surface area contributed by atoms with E-state index in [9.17, 15) is 4.79 Å². The molecule has 0 saturated carbocycles. The molecule has 2 rings (SSSR count). The van der Waals surface area contributed by atoms with Gasteiger partial charge in [-0.1, -0.05) is 0 Å². The Hall–Kier alpha value is -1.33. The molecular weight excluding hydrogens is 220 g/mol. The van der Waals surface area contributed by atoms with Crippen LogP contribution in [-0.2, 0) is 11.3 Å². The summed E-state index contributed by atoms with van der Waals surface area (Å²) in [4.78, 5) is 13.9. The number of ether oxygens (including phenoxy) is 1. The lowest BCUT2D eigenvalue weighted by atomic mass is 10.2. The van der Waals surface area contributed by atoms with Crippen molar-refractivity contribution >= 4 is 5.97 Å². The number of nitrogens with one attached hydrogen (secondary N) is 1. The van der Waals surface area contributed by atoms with Crippen LogP contribution in [-0.4, -0.2) is 43.7 Å². The summed E-state index contributed by atoms with van der Waals surface area (Å²) < 4.78 is 10.2. The van der Waals surface area contributed by atoms with Crippen molar-refractivity contribution < 1.29 is 13.9 Å². The van der Waals surface area contributed by atoms with Crippen LogP contribution in [0.3, 0.4) is 0 Å². The molecule has 0 spiro atoms. The molecule has 1 aromatic heterocycles. The maximum Gasteiger partial charge on any atom is 0.374 e. The van der Waals surface area contributed by atoms with Gasteiger partial charge in [0.2, 0.25) is 5.76 Å². The number of esters is 1. The van der Waals surface area contributed by atoms with E-state index < -0.39 is 0 Å². The van der Waals surface area contributed by atoms with E-state index in [1.54, 1.807) is 13.2 Å². The molecule has 17 heavy (non-hydrogen) atoms. The zero-order valence-electron chi connectivity index (χ0n) is 10.1. The molecule has 1 fully saturated rings. The highest BCUT2D eigenvalue weighted by Crippen LogP contribution is 2.15. The lowest BCUT2D eigenvalue weighted by Crippen LogP contribution is -2.43. The molecule has 5 nitrogen and oxygen atoms in total. The van der Waals surface area contributed by atoms with E-state index in [-0.39, 0.29) is 5.97 Å². The predicted molar refractivity (Wildman–Crippen MR) is 62.8 cm³/mol. The third-order valence-corrected chi connectivity index (χ3v) is 2.81. The molecule has 2 heterocycles. The van der Waals surface area contributed by atoms with Crippen molar-refractivity contribution in [2.24, 2.45) is 0 Å². The van der Waals surface area contributed by atoms with Gasteiger partial charge in [-0.15, -0.1) is 0 Å². The van der Waals surface area contributed by atoms with Gasteiger partial charge in [0.1, 0.15) is 0 Å². The number of hydrogen-bond donors (Lipinski definition) is 1. The Bertz CT molecular complexity index is 370. The first-order valence-electron chi connectivity index (χ1n) is 5.98. The number of nitrogens with zero attached hydrogens (tertiary/aromatic N) is 1. The maximum absolute atomic E-state index is 11.6. The predicted octanol–water partition coefficient (Wildman–Crippen LogP) is 0.861. The fraction of sp³-hybridized carbons (Fsp3) is 0.583. The molecule has 1 aliphatic heterocycles. The van der Waals surface area contributed by atoms with Crippen LogP contribution in [0.5, 0.6) is 0 Å². The van der Waals surface area contributed by atoms with Crippen LogP contribution in [0.15, 0.2) is 16.7 Å². The second-order valence-corrected chi connectivity index (χ2v) is 4.02. The lowest BCUT2D eigenvalue weighted by molar-refractivity contribution is 0.0486. The highest BCUT2D eigenvalue weighted by molar-refractivity contribution is 5.87. The molecule has 1 aliphatic rings. The van der Waals surface area contributed by atoms with Crippen LogP contribution in [0.1, 0.15) is 23.0 Å². The number of furan rings is 1. The van der Waals surface area contributed by atoms with Gasteiger partial charge in [-0.3, -0.25) is 4.90 Å². The Morgan fingerprint density at radius 3 is 3.00 bits per heavy atom. The number of rotatable bonds is 4. The van der Waals surface area contributed by atoms with E-state index in [1.165, 1.54) is 0 Å². The van der Waals surface area contributed by atoms with Crippen molar-refractivity contribution in [3.05, 3.63) is 23.7 Å². The van der Waals surface area contributed by atoms with Crippen LogP contribution in [0.2, 0.25) is 0 Å². The molecule has 94 valence electrons. The van der Waals surface area contributed by atoms with Crippen molar-refractivity contribution in [2.75, 3.05) is 32.8 Å². The average Bonchev–Trinajstić information content (AvgIpc) is 2.79. The van der Waals surface area contributed by atoms with E-state index >= 15 is 0 Å². The molecule has 0 radical (unpaired) electrons. The molecule has 0 atom stereocenters. The zero-order chi connectivity index (χ0) is 12.1. The monoisotopic (exact) mass is 238 g/mol. The molecule has 1 N–H and O–H groups in total. The van der Waals surface area contributed by atoms with Gasteiger partial charge < -0.3 is 14.5 Å². The largest absolute Gasteiger partial charge is 0.460 e. The van der Waals surface area contributed by atoms with Crippen molar-refractivity contribution in [3.8, 4) is 0 Å². The average molecular weight is 238 g/mol. The highest BCUT2D eigenvalue weighted by Gasteiger charge is 2.19. The van der Waals surface area contributed by atoms with Crippen molar-refractivity contribution in [1.82, 2.24) is 10.2 Å². The number of hydrogen-bond acceptors (Lipinski definition) is 5. The standard InChI is InChI=1S/C12H18N2O3/c1-2-16-12(15)11-10(3-8-17-11)9-14-6-4-13-5-7-14/h3,8,13H,2,4-7,9H2,1H3. The summed E-state index contributed by atoms with van der Waals surface area (Å²) in [7, 11) is 0. The van der Waals surface area contributed by atoms with Crippen LogP contribution in [0.4, 0.5) is 0 Å². The second kappa shape index (κ2) is 5.84. The zero-order valence-corrected chi connectivity index (χ0v) is 10.1. The Labute approximate surface area is 101 Å². The van der Waals surface area contributed by atoms with Crippen molar-refractivity contribution in [1.29, 1.82) is 0 Å². The molecule has 1 saturated heterocycles. The van der Waals surface area contributed by atoms with Gasteiger partial charge in [0.25, 0.3) is 0 Å². The topological polar surface area (TPSA) is 54.7 Å². The summed E-state index contributed by atoms with van der Waals surface area (Å²) in [6.45, 7) is 6.87. The molecule has 1 aromatic rings. The van der Waals surface area contributed by atoms with E-state index in [0.29, 0.717) is 12.4 Å². The van der Waals surface area contributed by atoms with E-state index in [1.807, 2.05) is 6.07 Å². The summed E-state index contributed by atoms with van der Waals surface area (Å²) in [5, 5.41) is 3.30. The van der Waals surface area contributed by atoms with Gasteiger partial charge in [-0.25, -0.2) is 4.79 Å². The van der Waals surface area contributed by atoms with E-state index in [4.69, 9.17) is 9.15 Å². The minimum absolute atomic E-state index is 0.338. The molecule has 5 heteroatoms. The van der Waals surface area contributed by atoms with Crippen LogP contribution >= 0.6 is 0 Å². The highest BCUT2D eigenvalue weighted by atomic mass is 16.5. The van der Waals surface area contributed by atoms with Gasteiger partial charge in [-0.05, 0) is 13.0 Å². The van der Waals surface area contributed by atoms with E-state index in [2.05, 4.69) is 10.2 Å². The lowest BCUT2D eigenvalue weighted by Gasteiger charge is -2.26. The summed E-state index contributed by atoms with van der Waals surface area (Å²) in [6.07, 6.45) is 1.55. The molecule has 0 unspecified atom stereocenters. The molecule has 0 aliphatic carbocycles. The smallest absolute Gasteiger partial charge is 0.374 e. The molecule has 0 bridgehead atoms. The van der Waals surface area contributed by atoms with Crippen molar-refractivity contribution in [2.45, 2.75) is 13.5 Å². The Balaban J connectivity index is 2.00. The Kier molecular flexibility index (Phi) is 4.17. The quantitative estimate of drug-likeness (QED) is 0.788. The molecular formula is C12H18N2O3. The van der Waals surface area contributed by atoms with Gasteiger partial charge in [0.15, 0.2) is 0 Å². The van der Waals surface area contributed by atoms with Gasteiger partial charge in [-0.2, -0.15) is 0 Å². The molecule has 0 amide bonds. The summed E-state index contributed by atoms with van der Waals surface area (Å²) in [5.74, 6) is -0.0342. The van der Waals surface area contributed by atoms with Gasteiger partial charge in [0.05, 0.1) is 12.9 Å². The third-order valence-electron chi connectivity index (χ3n) is 2.81. The normalized spacial score (nSPS) is 17.0. The fourth-order valence-electron chi connectivity index (χ4n) is 1.95. The van der Waals surface area contributed by atoms with Crippen molar-refractivity contribution in [3.63, 3.8) is 0 Å². The Morgan fingerprint density at radius 2 is 2.29 bits per heavy atom.